The number of carboxylic acids is 1. The van der Waals surface area contributed by atoms with Crippen molar-refractivity contribution >= 4 is 113 Å². The molecule has 8 amide bonds. The number of benzene rings is 3. The average Bonchev–Trinajstić information content (AvgIpc) is 3.78. The molecule has 2 saturated heterocycles. The fourth-order valence-corrected chi connectivity index (χ4v) is 10.0. The van der Waals surface area contributed by atoms with Gasteiger partial charge in [-0.2, -0.15) is 0 Å². The molecule has 4 aromatic rings. The molecule has 0 spiro atoms. The van der Waals surface area contributed by atoms with Crippen LogP contribution in [0, 0.1) is 0 Å². The van der Waals surface area contributed by atoms with E-state index in [9.17, 15) is 48.3 Å². The maximum atomic E-state index is 14.2. The minimum absolute atomic E-state index is 0. The number of nitrogens with one attached hydrogen (secondary N) is 4. The molecular weight excluding hydrogens is 1010 g/mol. The summed E-state index contributed by atoms with van der Waals surface area (Å²) in [6.07, 6.45) is -2.95. The number of aryl methyl sites for hydroxylation is 1. The number of alkyl carbamates (subject to hydrolysis) is 1. The van der Waals surface area contributed by atoms with Crippen molar-refractivity contribution in [2.75, 3.05) is 43.1 Å². The standard InChI is InChI=1S/C47H51N11O13S2.Na.H/c1-6-56-21-22-57(39(62)38(56)61)43(66)51-32(36(59)50-33-37(60)58-34(41(63)64)29(24-72-40(33)58)25-73-44-52-53-54-55(44)5)26-17-19-30(20-18-26)48-45(67)69-23-31(49-46(68)71-47(2,3)4)42(65)70-35(27-13-9-7-10-14-27)28-15-11-8-12-16-28;;/h7-20,31-33,35,40H,6,21-25H2,1-5H3,(H,48,67)(H,49,68)(H,50,59)(H,51,66)(H,63,64);;/t31?,32-,33-,40-;;/m1../s1. The molecule has 5 N–H and O–H groups in total. The molecule has 0 saturated carbocycles. The molecule has 386 valence electrons. The molecule has 2 fully saturated rings. The van der Waals surface area contributed by atoms with E-state index in [1.54, 1.807) is 95.4 Å². The second-order valence-corrected chi connectivity index (χ2v) is 19.5. The van der Waals surface area contributed by atoms with Crippen molar-refractivity contribution < 1.29 is 62.5 Å². The molecule has 1 aromatic heterocycles. The third-order valence-corrected chi connectivity index (χ3v) is 13.7. The van der Waals surface area contributed by atoms with E-state index in [0.29, 0.717) is 26.8 Å². The average molecular weight is 1070 g/mol. The van der Waals surface area contributed by atoms with E-state index in [1.165, 1.54) is 57.4 Å². The van der Waals surface area contributed by atoms with Crippen molar-refractivity contribution in [2.24, 2.45) is 7.05 Å². The Morgan fingerprint density at radius 1 is 0.865 bits per heavy atom. The number of rotatable bonds is 17. The molecule has 7 rings (SSSR count). The van der Waals surface area contributed by atoms with E-state index in [-0.39, 0.29) is 77.6 Å². The minimum atomic E-state index is -1.61. The Morgan fingerprint density at radius 3 is 2.09 bits per heavy atom. The van der Waals surface area contributed by atoms with Crippen molar-refractivity contribution in [3.8, 4) is 0 Å². The van der Waals surface area contributed by atoms with E-state index >= 15 is 0 Å². The topological polar surface area (TPSA) is 303 Å². The number of tetrazole rings is 1. The number of nitrogens with zero attached hydrogens (tertiary/aromatic N) is 7. The molecular formula is C47H52N11NaO13S2. The first-order valence-corrected chi connectivity index (χ1v) is 24.7. The summed E-state index contributed by atoms with van der Waals surface area (Å²) in [5.41, 5.74) is 0.707. The van der Waals surface area contributed by atoms with Crippen molar-refractivity contribution in [1.82, 2.24) is 50.9 Å². The van der Waals surface area contributed by atoms with E-state index in [0.717, 1.165) is 4.90 Å². The van der Waals surface area contributed by atoms with Gasteiger partial charge in [-0.3, -0.25) is 34.3 Å². The molecule has 74 heavy (non-hydrogen) atoms. The number of thioether (sulfide) groups is 2. The zero-order valence-corrected chi connectivity index (χ0v) is 41.6. The summed E-state index contributed by atoms with van der Waals surface area (Å²) in [5.74, 6) is -5.64. The predicted molar refractivity (Wildman–Crippen MR) is 267 cm³/mol. The quantitative estimate of drug-likeness (QED) is 0.0253. The number of hydrogen-bond acceptors (Lipinski definition) is 17. The number of urea groups is 1. The molecule has 24 nitrogen and oxygen atoms in total. The molecule has 3 aromatic carbocycles. The fraction of sp³-hybridized carbons (Fsp3) is 0.362. The number of carbonyl (C=O) groups excluding carboxylic acids is 8. The summed E-state index contributed by atoms with van der Waals surface area (Å²) in [7, 11) is 1.62. The Morgan fingerprint density at radius 2 is 1.51 bits per heavy atom. The van der Waals surface area contributed by atoms with Crippen LogP contribution in [0.1, 0.15) is 56.5 Å². The van der Waals surface area contributed by atoms with E-state index in [4.69, 9.17) is 14.2 Å². The van der Waals surface area contributed by atoms with E-state index < -0.39 is 95.6 Å². The molecule has 3 aliphatic heterocycles. The summed E-state index contributed by atoms with van der Waals surface area (Å²) in [6, 6.07) is 17.7. The third kappa shape index (κ3) is 13.6. The number of amides is 8. The molecule has 0 bridgehead atoms. The van der Waals surface area contributed by atoms with Gasteiger partial charge in [-0.1, -0.05) is 84.6 Å². The van der Waals surface area contributed by atoms with Gasteiger partial charge in [0.05, 0.1) is 0 Å². The zero-order valence-electron chi connectivity index (χ0n) is 40.0. The molecule has 0 radical (unpaired) electrons. The SMILES string of the molecule is CCN1CCN(C(=O)N[C@@H](C(=O)N[C@@H]2C(=O)N3C(C(=O)O)=C(CSc4nnnn4C)CS[C@H]23)c2ccc(NC(=O)OCC(NC(=O)OC(C)(C)C)C(=O)OC(c3ccccc3)c3ccccc3)cc2)C(=O)C1=O.[NaH]. The number of piperazine rings is 1. The molecule has 0 aliphatic carbocycles. The van der Waals surface area contributed by atoms with Crippen LogP contribution in [0.4, 0.5) is 20.1 Å². The summed E-state index contributed by atoms with van der Waals surface area (Å²) in [5, 5.41) is 31.1. The monoisotopic (exact) mass is 1070 g/mol. The van der Waals surface area contributed by atoms with Crippen LogP contribution in [0.15, 0.2) is 101 Å². The van der Waals surface area contributed by atoms with Gasteiger partial charge in [-0.25, -0.2) is 28.7 Å². The Balaban J connectivity index is 0.00000892. The van der Waals surface area contributed by atoms with Gasteiger partial charge in [0.2, 0.25) is 11.1 Å². The van der Waals surface area contributed by atoms with Crippen molar-refractivity contribution in [2.45, 2.75) is 68.1 Å². The first-order valence-electron chi connectivity index (χ1n) is 22.6. The van der Waals surface area contributed by atoms with Crippen LogP contribution in [0.2, 0.25) is 0 Å². The van der Waals surface area contributed by atoms with Crippen LogP contribution >= 0.6 is 23.5 Å². The van der Waals surface area contributed by atoms with Crippen LogP contribution < -0.4 is 21.3 Å². The van der Waals surface area contributed by atoms with Crippen LogP contribution in [-0.4, -0.2) is 184 Å². The number of aromatic nitrogens is 4. The Kier molecular flexibility index (Phi) is 18.9. The number of likely N-dealkylation sites (N-methyl/N-ethyl adjacent to an activating group) is 1. The number of ether oxygens (including phenoxy) is 3. The Labute approximate surface area is 454 Å². The second-order valence-electron chi connectivity index (χ2n) is 17.4. The number of carboxylic acid groups (broad SMARTS) is 1. The van der Waals surface area contributed by atoms with Crippen molar-refractivity contribution in [1.29, 1.82) is 0 Å². The van der Waals surface area contributed by atoms with Gasteiger partial charge in [0, 0.05) is 43.9 Å². The number of carbonyl (C=O) groups is 9. The number of anilines is 1. The Bertz CT molecular complexity index is 2760. The molecule has 27 heteroatoms. The number of aliphatic carboxylic acids is 1. The summed E-state index contributed by atoms with van der Waals surface area (Å²) < 4.78 is 18.1. The summed E-state index contributed by atoms with van der Waals surface area (Å²) in [6.45, 7) is 5.94. The van der Waals surface area contributed by atoms with Crippen LogP contribution in [0.25, 0.3) is 0 Å². The second kappa shape index (κ2) is 24.8. The maximum absolute atomic E-state index is 14.2. The molecule has 1 unspecified atom stereocenters. The zero-order chi connectivity index (χ0) is 52.6. The predicted octanol–water partition coefficient (Wildman–Crippen LogP) is 2.31. The number of hydrogen-bond donors (Lipinski definition) is 5. The fourth-order valence-electron chi connectivity index (χ4n) is 7.67. The van der Waals surface area contributed by atoms with Gasteiger partial charge in [0.25, 0.3) is 5.91 Å². The summed E-state index contributed by atoms with van der Waals surface area (Å²) >= 11 is 2.40. The van der Waals surface area contributed by atoms with Gasteiger partial charge in [-0.05, 0) is 72.5 Å². The van der Waals surface area contributed by atoms with Gasteiger partial charge in [-0.15, -0.1) is 16.9 Å². The van der Waals surface area contributed by atoms with Crippen LogP contribution in [0.3, 0.4) is 0 Å². The van der Waals surface area contributed by atoms with Gasteiger partial charge < -0.3 is 40.2 Å². The first kappa shape index (κ1) is 56.3. The Hall–Kier alpha value is -7.00. The van der Waals surface area contributed by atoms with Crippen molar-refractivity contribution in [3.63, 3.8) is 0 Å². The first-order chi connectivity index (χ1) is 34.8. The normalized spacial score (nSPS) is 17.2. The van der Waals surface area contributed by atoms with E-state index in [1.807, 2.05) is 0 Å². The number of fused-ring (bicyclic) bond motifs is 1. The molecule has 3 aliphatic rings. The molecule has 4 atom stereocenters. The van der Waals surface area contributed by atoms with E-state index in [2.05, 4.69) is 36.8 Å². The summed E-state index contributed by atoms with van der Waals surface area (Å²) in [4.78, 5) is 123. The van der Waals surface area contributed by atoms with Gasteiger partial charge in [0.15, 0.2) is 12.1 Å². The number of β-lactam (4-membered cyclic amide) rings is 1. The third-order valence-electron chi connectivity index (χ3n) is 11.3. The number of imide groups is 1. The van der Waals surface area contributed by atoms with Crippen LogP contribution in [0.5, 0.6) is 0 Å². The number of esters is 1. The molecule has 4 heterocycles. The van der Waals surface area contributed by atoms with Crippen LogP contribution in [-0.2, 0) is 50.0 Å². The van der Waals surface area contributed by atoms with Crippen molar-refractivity contribution in [3.05, 3.63) is 113 Å². The van der Waals surface area contributed by atoms with Gasteiger partial charge >= 0.3 is 71.5 Å². The van der Waals surface area contributed by atoms with Gasteiger partial charge in [0.1, 0.15) is 35.4 Å².